The van der Waals surface area contributed by atoms with Crippen LogP contribution >= 0.6 is 0 Å². The van der Waals surface area contributed by atoms with Crippen molar-refractivity contribution in [3.05, 3.63) is 41.7 Å². The quantitative estimate of drug-likeness (QED) is 0.431. The lowest BCUT2D eigenvalue weighted by Crippen LogP contribution is -2.03. The van der Waals surface area contributed by atoms with Gasteiger partial charge in [-0.2, -0.15) is 0 Å². The average Bonchev–Trinajstić information content (AvgIpc) is 2.34. The predicted molar refractivity (Wildman–Crippen MR) is 59.7 cm³/mol. The second-order valence-electron chi connectivity index (χ2n) is 3.21. The molecule has 0 fully saturated rings. The molecule has 0 radical (unpaired) electrons. The number of hydrogen-bond donors (Lipinski definition) is 0. The summed E-state index contributed by atoms with van der Waals surface area (Å²) in [4.78, 5) is 15.1. The summed E-state index contributed by atoms with van der Waals surface area (Å²) in [6, 6.07) is 5.64. The molecule has 4 nitrogen and oxygen atoms in total. The highest BCUT2D eigenvalue weighted by molar-refractivity contribution is 5.87. The highest BCUT2D eigenvalue weighted by Gasteiger charge is 2.01. The number of nitrogens with zero attached hydrogens (tertiary/aromatic N) is 1. The van der Waals surface area contributed by atoms with Crippen molar-refractivity contribution in [2.24, 2.45) is 0 Å². The standard InChI is InChI=1S/C12H15NO3/c1-10(12(14)15-2)6-8-16-9-11-5-3-4-7-13-11/h3-7H,8-9H2,1-2H3/b10-6+. The molecule has 0 saturated carbocycles. The summed E-state index contributed by atoms with van der Waals surface area (Å²) in [7, 11) is 1.36. The molecule has 0 saturated heterocycles. The molecule has 86 valence electrons. The Kier molecular flexibility index (Phi) is 5.22. The van der Waals surface area contributed by atoms with Gasteiger partial charge in [0.05, 0.1) is 26.0 Å². The van der Waals surface area contributed by atoms with E-state index in [9.17, 15) is 4.79 Å². The van der Waals surface area contributed by atoms with Gasteiger partial charge in [-0.1, -0.05) is 6.07 Å². The molecular weight excluding hydrogens is 206 g/mol. The van der Waals surface area contributed by atoms with Crippen LogP contribution in [0.3, 0.4) is 0 Å². The first kappa shape index (κ1) is 12.4. The van der Waals surface area contributed by atoms with E-state index in [-0.39, 0.29) is 5.97 Å². The number of carbonyl (C=O) groups excluding carboxylic acids is 1. The van der Waals surface area contributed by atoms with Crippen molar-refractivity contribution < 1.29 is 14.3 Å². The van der Waals surface area contributed by atoms with Crippen molar-refractivity contribution in [2.45, 2.75) is 13.5 Å². The van der Waals surface area contributed by atoms with E-state index < -0.39 is 0 Å². The average molecular weight is 221 g/mol. The lowest BCUT2D eigenvalue weighted by atomic mass is 10.3. The largest absolute Gasteiger partial charge is 0.466 e. The van der Waals surface area contributed by atoms with E-state index in [1.165, 1.54) is 7.11 Å². The highest BCUT2D eigenvalue weighted by atomic mass is 16.5. The third-order valence-corrected chi connectivity index (χ3v) is 1.99. The topological polar surface area (TPSA) is 48.4 Å². The van der Waals surface area contributed by atoms with Gasteiger partial charge in [0.15, 0.2) is 0 Å². The van der Waals surface area contributed by atoms with Crippen LogP contribution in [-0.4, -0.2) is 24.7 Å². The third kappa shape index (κ3) is 4.23. The molecule has 0 aliphatic carbocycles. The summed E-state index contributed by atoms with van der Waals surface area (Å²) in [5.41, 5.74) is 1.41. The van der Waals surface area contributed by atoms with Crippen molar-refractivity contribution in [3.8, 4) is 0 Å². The van der Waals surface area contributed by atoms with Gasteiger partial charge in [-0.05, 0) is 25.1 Å². The van der Waals surface area contributed by atoms with Crippen LogP contribution in [0.2, 0.25) is 0 Å². The SMILES string of the molecule is COC(=O)/C(C)=C/COCc1ccccn1. The second-order valence-corrected chi connectivity index (χ2v) is 3.21. The lowest BCUT2D eigenvalue weighted by Gasteiger charge is -2.01. The Morgan fingerprint density at radius 3 is 2.94 bits per heavy atom. The van der Waals surface area contributed by atoms with Gasteiger partial charge in [-0.3, -0.25) is 4.98 Å². The van der Waals surface area contributed by atoms with E-state index in [2.05, 4.69) is 9.72 Å². The van der Waals surface area contributed by atoms with Crippen LogP contribution < -0.4 is 0 Å². The molecule has 1 heterocycles. The second kappa shape index (κ2) is 6.74. The molecule has 0 N–H and O–H groups in total. The van der Waals surface area contributed by atoms with Gasteiger partial charge in [0.25, 0.3) is 0 Å². The first-order chi connectivity index (χ1) is 7.74. The molecule has 0 unspecified atom stereocenters. The molecule has 1 aromatic heterocycles. The number of aromatic nitrogens is 1. The van der Waals surface area contributed by atoms with E-state index in [1.807, 2.05) is 18.2 Å². The van der Waals surface area contributed by atoms with Crippen molar-refractivity contribution >= 4 is 5.97 Å². The number of esters is 1. The Labute approximate surface area is 94.9 Å². The summed E-state index contributed by atoms with van der Waals surface area (Å²) in [5.74, 6) is -0.332. The molecule has 0 bridgehead atoms. The summed E-state index contributed by atoms with van der Waals surface area (Å²) in [6.07, 6.45) is 3.41. The number of methoxy groups -OCH3 is 1. The van der Waals surface area contributed by atoms with Crippen LogP contribution in [0.15, 0.2) is 36.0 Å². The monoisotopic (exact) mass is 221 g/mol. The van der Waals surface area contributed by atoms with E-state index in [1.54, 1.807) is 19.2 Å². The zero-order valence-corrected chi connectivity index (χ0v) is 9.47. The predicted octanol–water partition coefficient (Wildman–Crippen LogP) is 1.72. The molecule has 0 aliphatic heterocycles. The Morgan fingerprint density at radius 1 is 1.50 bits per heavy atom. The highest BCUT2D eigenvalue weighted by Crippen LogP contribution is 1.98. The summed E-state index contributed by atoms with van der Waals surface area (Å²) < 4.78 is 9.89. The fraction of sp³-hybridized carbons (Fsp3) is 0.333. The first-order valence-electron chi connectivity index (χ1n) is 4.96. The summed E-state index contributed by atoms with van der Waals surface area (Å²) >= 11 is 0. The van der Waals surface area contributed by atoms with Gasteiger partial charge in [-0.15, -0.1) is 0 Å². The lowest BCUT2D eigenvalue weighted by molar-refractivity contribution is -0.136. The maximum Gasteiger partial charge on any atom is 0.333 e. The summed E-state index contributed by atoms with van der Waals surface area (Å²) in [5, 5.41) is 0. The van der Waals surface area contributed by atoms with E-state index >= 15 is 0 Å². The Hall–Kier alpha value is -1.68. The number of pyridine rings is 1. The van der Waals surface area contributed by atoms with Crippen LogP contribution in [0.1, 0.15) is 12.6 Å². The number of rotatable bonds is 5. The maximum atomic E-state index is 11.0. The van der Waals surface area contributed by atoms with Crippen LogP contribution in [0.25, 0.3) is 0 Å². The van der Waals surface area contributed by atoms with Crippen molar-refractivity contribution in [1.29, 1.82) is 0 Å². The molecular formula is C12H15NO3. The van der Waals surface area contributed by atoms with E-state index in [4.69, 9.17) is 4.74 Å². The molecule has 0 atom stereocenters. The van der Waals surface area contributed by atoms with Crippen molar-refractivity contribution in [2.75, 3.05) is 13.7 Å². The number of hydrogen-bond acceptors (Lipinski definition) is 4. The molecule has 0 spiro atoms. The van der Waals surface area contributed by atoms with Crippen LogP contribution in [0.4, 0.5) is 0 Å². The molecule has 1 rings (SSSR count). The van der Waals surface area contributed by atoms with Crippen LogP contribution in [0.5, 0.6) is 0 Å². The number of carbonyl (C=O) groups is 1. The van der Waals surface area contributed by atoms with Gasteiger partial charge >= 0.3 is 5.97 Å². The van der Waals surface area contributed by atoms with E-state index in [0.29, 0.717) is 18.8 Å². The third-order valence-electron chi connectivity index (χ3n) is 1.99. The van der Waals surface area contributed by atoms with Gasteiger partial charge in [-0.25, -0.2) is 4.79 Å². The number of ether oxygens (including phenoxy) is 2. The summed E-state index contributed by atoms with van der Waals surface area (Å²) in [6.45, 7) is 2.50. The molecule has 4 heteroatoms. The molecule has 16 heavy (non-hydrogen) atoms. The molecule has 0 aliphatic rings. The van der Waals surface area contributed by atoms with E-state index in [0.717, 1.165) is 5.69 Å². The molecule has 0 amide bonds. The smallest absolute Gasteiger partial charge is 0.333 e. The fourth-order valence-corrected chi connectivity index (χ4v) is 1.08. The van der Waals surface area contributed by atoms with Gasteiger partial charge in [0.1, 0.15) is 0 Å². The van der Waals surface area contributed by atoms with Crippen molar-refractivity contribution in [1.82, 2.24) is 4.98 Å². The minimum atomic E-state index is -0.332. The van der Waals surface area contributed by atoms with Crippen molar-refractivity contribution in [3.63, 3.8) is 0 Å². The molecule has 0 aromatic carbocycles. The Morgan fingerprint density at radius 2 is 2.31 bits per heavy atom. The Bertz CT molecular complexity index is 360. The Balaban J connectivity index is 2.29. The van der Waals surface area contributed by atoms with Gasteiger partial charge in [0.2, 0.25) is 0 Å². The molecule has 1 aromatic rings. The zero-order chi connectivity index (χ0) is 11.8. The minimum absolute atomic E-state index is 0.332. The minimum Gasteiger partial charge on any atom is -0.466 e. The fourth-order valence-electron chi connectivity index (χ4n) is 1.08. The van der Waals surface area contributed by atoms with Gasteiger partial charge < -0.3 is 9.47 Å². The van der Waals surface area contributed by atoms with Crippen LogP contribution in [-0.2, 0) is 20.9 Å². The maximum absolute atomic E-state index is 11.0. The normalized spacial score (nSPS) is 11.2. The van der Waals surface area contributed by atoms with Crippen LogP contribution in [0, 0.1) is 0 Å². The zero-order valence-electron chi connectivity index (χ0n) is 9.47. The first-order valence-corrected chi connectivity index (χ1v) is 4.96. The van der Waals surface area contributed by atoms with Gasteiger partial charge in [0, 0.05) is 11.8 Å².